The molecule has 0 bridgehead atoms. The molecule has 0 saturated carbocycles. The van der Waals surface area contributed by atoms with Crippen LogP contribution in [0.15, 0.2) is 23.0 Å². The molecule has 0 aliphatic carbocycles. The van der Waals surface area contributed by atoms with E-state index in [1.807, 2.05) is 32.0 Å². The van der Waals surface area contributed by atoms with Crippen molar-refractivity contribution in [2.75, 3.05) is 40.5 Å². The molecule has 5 heteroatoms. The maximum atomic E-state index is 12.9. The lowest BCUT2D eigenvalue weighted by Gasteiger charge is -2.22. The maximum absolute atomic E-state index is 12.9. The Hall–Kier alpha value is -1.69. The molecule has 0 amide bonds. The highest BCUT2D eigenvalue weighted by Crippen LogP contribution is 2.14. The Morgan fingerprint density at radius 2 is 1.74 bits per heavy atom. The van der Waals surface area contributed by atoms with E-state index in [4.69, 9.17) is 9.47 Å². The predicted octanol–water partition coefficient (Wildman–Crippen LogP) is 2.24. The molecule has 1 aromatic carbocycles. The molecule has 2 aromatic rings. The van der Waals surface area contributed by atoms with Gasteiger partial charge >= 0.3 is 0 Å². The largest absolute Gasteiger partial charge is 0.383 e. The van der Waals surface area contributed by atoms with E-state index in [0.717, 1.165) is 40.8 Å². The minimum atomic E-state index is 0.111. The van der Waals surface area contributed by atoms with Crippen molar-refractivity contribution in [3.05, 3.63) is 45.2 Å². The second-order valence-corrected chi connectivity index (χ2v) is 5.87. The molecule has 0 fully saturated rings. The summed E-state index contributed by atoms with van der Waals surface area (Å²) < 4.78 is 10.3. The molecule has 1 aromatic heterocycles. The van der Waals surface area contributed by atoms with Crippen molar-refractivity contribution < 1.29 is 9.47 Å². The fourth-order valence-electron chi connectivity index (χ4n) is 2.69. The molecule has 0 radical (unpaired) electrons. The Balaban J connectivity index is 2.34. The highest BCUT2D eigenvalue weighted by Gasteiger charge is 2.13. The molecule has 0 aliphatic rings. The van der Waals surface area contributed by atoms with Crippen molar-refractivity contribution in [1.29, 1.82) is 0 Å². The smallest absolute Gasteiger partial charge is 0.194 e. The Morgan fingerprint density at radius 3 is 2.35 bits per heavy atom. The number of H-pyrrole nitrogens is 1. The molecule has 0 unspecified atom stereocenters. The van der Waals surface area contributed by atoms with Crippen LogP contribution in [0, 0.1) is 13.8 Å². The molecule has 23 heavy (non-hydrogen) atoms. The molecular weight excluding hydrogens is 292 g/mol. The lowest BCUT2D eigenvalue weighted by molar-refractivity contribution is 0.110. The first kappa shape index (κ1) is 17.7. The van der Waals surface area contributed by atoms with Gasteiger partial charge in [0.05, 0.1) is 13.2 Å². The van der Waals surface area contributed by atoms with Gasteiger partial charge in [0, 0.05) is 56.0 Å². The van der Waals surface area contributed by atoms with Crippen LogP contribution in [-0.2, 0) is 16.0 Å². The number of nitrogens with zero attached hydrogens (tertiary/aromatic N) is 1. The van der Waals surface area contributed by atoms with E-state index in [1.165, 1.54) is 0 Å². The summed E-state index contributed by atoms with van der Waals surface area (Å²) in [6.45, 7) is 7.36. The number of hydrogen-bond donors (Lipinski definition) is 1. The maximum Gasteiger partial charge on any atom is 0.194 e. The summed E-state index contributed by atoms with van der Waals surface area (Å²) in [6.07, 6.45) is 0. The molecule has 126 valence electrons. The number of aromatic nitrogens is 1. The summed E-state index contributed by atoms with van der Waals surface area (Å²) in [5.41, 5.74) is 3.83. The van der Waals surface area contributed by atoms with Gasteiger partial charge in [0.15, 0.2) is 5.43 Å². The summed E-state index contributed by atoms with van der Waals surface area (Å²) >= 11 is 0. The normalized spacial score (nSPS) is 11.5. The highest BCUT2D eigenvalue weighted by atomic mass is 16.5. The van der Waals surface area contributed by atoms with Crippen molar-refractivity contribution in [3.8, 4) is 0 Å². The lowest BCUT2D eigenvalue weighted by atomic mass is 10.1. The minimum Gasteiger partial charge on any atom is -0.383 e. The van der Waals surface area contributed by atoms with Crippen LogP contribution in [0.3, 0.4) is 0 Å². The molecule has 0 atom stereocenters. The van der Waals surface area contributed by atoms with Gasteiger partial charge in [0.2, 0.25) is 0 Å². The van der Waals surface area contributed by atoms with E-state index in [1.54, 1.807) is 14.2 Å². The molecule has 0 spiro atoms. The fraction of sp³-hybridized carbons (Fsp3) is 0.500. The minimum absolute atomic E-state index is 0.111. The summed E-state index contributed by atoms with van der Waals surface area (Å²) in [6, 6.07) is 5.93. The topological polar surface area (TPSA) is 54.6 Å². The van der Waals surface area contributed by atoms with Crippen molar-refractivity contribution in [2.24, 2.45) is 0 Å². The Labute approximate surface area is 137 Å². The number of pyridine rings is 1. The van der Waals surface area contributed by atoms with Crippen LogP contribution in [0.4, 0.5) is 0 Å². The Kier molecular flexibility index (Phi) is 6.33. The first-order chi connectivity index (χ1) is 11.1. The van der Waals surface area contributed by atoms with Crippen molar-refractivity contribution >= 4 is 10.9 Å². The average molecular weight is 318 g/mol. The number of hydrogen-bond acceptors (Lipinski definition) is 4. The van der Waals surface area contributed by atoms with Gasteiger partial charge < -0.3 is 14.5 Å². The molecule has 0 saturated heterocycles. The second-order valence-electron chi connectivity index (χ2n) is 5.87. The number of nitrogens with one attached hydrogen (secondary N) is 1. The van der Waals surface area contributed by atoms with Gasteiger partial charge in [0.25, 0.3) is 0 Å². The van der Waals surface area contributed by atoms with E-state index in [-0.39, 0.29) is 5.43 Å². The van der Waals surface area contributed by atoms with Gasteiger partial charge in [0.1, 0.15) is 0 Å². The summed E-state index contributed by atoms with van der Waals surface area (Å²) in [7, 11) is 3.37. The zero-order valence-electron chi connectivity index (χ0n) is 14.4. The van der Waals surface area contributed by atoms with Gasteiger partial charge in [-0.3, -0.25) is 9.69 Å². The standard InChI is InChI=1S/C18H26N2O3/c1-13-5-6-17-15(11-13)18(21)16(14(2)19-17)12-20(7-9-22-3)8-10-23-4/h5-6,11H,7-10,12H2,1-4H3,(H,19,21). The number of ether oxygens (including phenoxy) is 2. The fourth-order valence-corrected chi connectivity index (χ4v) is 2.69. The Bertz CT molecular complexity index is 701. The summed E-state index contributed by atoms with van der Waals surface area (Å²) in [4.78, 5) is 18.4. The van der Waals surface area contributed by atoms with E-state index in [9.17, 15) is 4.79 Å². The second kappa shape index (κ2) is 8.24. The summed E-state index contributed by atoms with van der Waals surface area (Å²) in [5, 5.41) is 0.754. The third kappa shape index (κ3) is 4.41. The quantitative estimate of drug-likeness (QED) is 0.811. The third-order valence-corrected chi connectivity index (χ3v) is 4.07. The molecule has 1 heterocycles. The number of fused-ring (bicyclic) bond motifs is 1. The first-order valence-electron chi connectivity index (χ1n) is 7.89. The van der Waals surface area contributed by atoms with Gasteiger partial charge in [-0.1, -0.05) is 11.6 Å². The van der Waals surface area contributed by atoms with Gasteiger partial charge in [-0.05, 0) is 26.0 Å². The summed E-state index contributed by atoms with van der Waals surface area (Å²) in [5.74, 6) is 0. The van der Waals surface area contributed by atoms with Crippen LogP contribution in [-0.4, -0.2) is 50.4 Å². The molecule has 1 N–H and O–H groups in total. The molecule has 5 nitrogen and oxygen atoms in total. The van der Waals surface area contributed by atoms with E-state index in [0.29, 0.717) is 19.8 Å². The van der Waals surface area contributed by atoms with Crippen molar-refractivity contribution in [2.45, 2.75) is 20.4 Å². The van der Waals surface area contributed by atoms with Gasteiger partial charge in [-0.15, -0.1) is 0 Å². The highest BCUT2D eigenvalue weighted by molar-refractivity contribution is 5.80. The van der Waals surface area contributed by atoms with Crippen LogP contribution < -0.4 is 5.43 Å². The number of methoxy groups -OCH3 is 2. The third-order valence-electron chi connectivity index (χ3n) is 4.07. The number of benzene rings is 1. The molecule has 0 aliphatic heterocycles. The SMILES string of the molecule is COCCN(CCOC)Cc1c(C)[nH]c2ccc(C)cc2c1=O. The molecular formula is C18H26N2O3. The molecule has 2 rings (SSSR count). The van der Waals surface area contributed by atoms with E-state index in [2.05, 4.69) is 9.88 Å². The zero-order chi connectivity index (χ0) is 16.8. The lowest BCUT2D eigenvalue weighted by Crippen LogP contribution is -2.33. The Morgan fingerprint density at radius 1 is 1.09 bits per heavy atom. The van der Waals surface area contributed by atoms with Crippen LogP contribution in [0.25, 0.3) is 10.9 Å². The van der Waals surface area contributed by atoms with Crippen LogP contribution in [0.5, 0.6) is 0 Å². The van der Waals surface area contributed by atoms with Crippen LogP contribution >= 0.6 is 0 Å². The average Bonchev–Trinajstić information content (AvgIpc) is 2.54. The number of aromatic amines is 1. The van der Waals surface area contributed by atoms with Crippen LogP contribution in [0.2, 0.25) is 0 Å². The van der Waals surface area contributed by atoms with E-state index >= 15 is 0 Å². The van der Waals surface area contributed by atoms with Crippen molar-refractivity contribution in [1.82, 2.24) is 9.88 Å². The van der Waals surface area contributed by atoms with E-state index < -0.39 is 0 Å². The van der Waals surface area contributed by atoms with Crippen LogP contribution in [0.1, 0.15) is 16.8 Å². The number of rotatable bonds is 8. The van der Waals surface area contributed by atoms with Crippen molar-refractivity contribution in [3.63, 3.8) is 0 Å². The van der Waals surface area contributed by atoms with Gasteiger partial charge in [-0.2, -0.15) is 0 Å². The zero-order valence-corrected chi connectivity index (χ0v) is 14.4. The first-order valence-corrected chi connectivity index (χ1v) is 7.89. The number of aryl methyl sites for hydroxylation is 2. The predicted molar refractivity (Wildman–Crippen MR) is 93.1 cm³/mol. The van der Waals surface area contributed by atoms with Gasteiger partial charge in [-0.25, -0.2) is 0 Å². The monoisotopic (exact) mass is 318 g/mol.